The van der Waals surface area contributed by atoms with Gasteiger partial charge in [-0.05, 0) is 30.4 Å². The molecular formula is C26H32N2O4. The van der Waals surface area contributed by atoms with Crippen LogP contribution < -0.4 is 10.6 Å². The van der Waals surface area contributed by atoms with Gasteiger partial charge in [0.1, 0.15) is 5.54 Å². The highest BCUT2D eigenvalue weighted by Crippen LogP contribution is 2.30. The van der Waals surface area contributed by atoms with E-state index in [1.54, 1.807) is 0 Å². The SMILES string of the molecule is CC(=O)NC1(C(=O)OCC(=O)NCCC(c2ccccc2)c2ccccc2)CCCCC1. The maximum absolute atomic E-state index is 12.7. The fourth-order valence-corrected chi connectivity index (χ4v) is 4.45. The molecule has 0 unspecified atom stereocenters. The zero-order valence-electron chi connectivity index (χ0n) is 18.6. The number of esters is 1. The molecule has 32 heavy (non-hydrogen) atoms. The minimum Gasteiger partial charge on any atom is -0.454 e. The largest absolute Gasteiger partial charge is 0.454 e. The number of amides is 2. The van der Waals surface area contributed by atoms with E-state index in [-0.39, 0.29) is 24.3 Å². The molecule has 0 saturated heterocycles. The third-order valence-electron chi connectivity index (χ3n) is 6.01. The lowest BCUT2D eigenvalue weighted by molar-refractivity contribution is -0.158. The topological polar surface area (TPSA) is 84.5 Å². The Kier molecular flexibility index (Phi) is 8.42. The molecule has 1 aliphatic rings. The van der Waals surface area contributed by atoms with Crippen molar-refractivity contribution in [1.82, 2.24) is 10.6 Å². The van der Waals surface area contributed by atoms with Crippen molar-refractivity contribution < 1.29 is 19.1 Å². The summed E-state index contributed by atoms with van der Waals surface area (Å²) in [5.41, 5.74) is 1.37. The normalized spacial score (nSPS) is 15.1. The molecule has 0 aliphatic heterocycles. The molecule has 0 heterocycles. The van der Waals surface area contributed by atoms with Crippen LogP contribution in [0.25, 0.3) is 0 Å². The number of hydrogen-bond donors (Lipinski definition) is 2. The van der Waals surface area contributed by atoms with Crippen LogP contribution in [0.2, 0.25) is 0 Å². The Bertz CT molecular complexity index is 853. The van der Waals surface area contributed by atoms with Gasteiger partial charge in [-0.15, -0.1) is 0 Å². The second kappa shape index (κ2) is 11.5. The van der Waals surface area contributed by atoms with E-state index in [1.807, 2.05) is 36.4 Å². The Morgan fingerprint density at radius 2 is 1.47 bits per heavy atom. The van der Waals surface area contributed by atoms with E-state index in [2.05, 4.69) is 34.9 Å². The minimum absolute atomic E-state index is 0.158. The summed E-state index contributed by atoms with van der Waals surface area (Å²) < 4.78 is 5.31. The van der Waals surface area contributed by atoms with Crippen molar-refractivity contribution in [3.63, 3.8) is 0 Å². The van der Waals surface area contributed by atoms with Gasteiger partial charge in [0.15, 0.2) is 6.61 Å². The second-order valence-electron chi connectivity index (χ2n) is 8.41. The monoisotopic (exact) mass is 436 g/mol. The molecule has 170 valence electrons. The molecule has 0 bridgehead atoms. The molecule has 6 heteroatoms. The average Bonchev–Trinajstić information content (AvgIpc) is 2.81. The number of hydrogen-bond acceptors (Lipinski definition) is 4. The van der Waals surface area contributed by atoms with Crippen molar-refractivity contribution in [2.24, 2.45) is 0 Å². The predicted octanol–water partition coefficient (Wildman–Crippen LogP) is 3.71. The fraction of sp³-hybridized carbons (Fsp3) is 0.423. The van der Waals surface area contributed by atoms with Crippen LogP contribution in [0.4, 0.5) is 0 Å². The molecule has 1 aliphatic carbocycles. The first-order chi connectivity index (χ1) is 15.5. The summed E-state index contributed by atoms with van der Waals surface area (Å²) in [4.78, 5) is 36.6. The molecule has 0 atom stereocenters. The van der Waals surface area contributed by atoms with Gasteiger partial charge in [-0.25, -0.2) is 4.79 Å². The van der Waals surface area contributed by atoms with Crippen LogP contribution in [0.1, 0.15) is 62.5 Å². The van der Waals surface area contributed by atoms with Crippen LogP contribution in [0.3, 0.4) is 0 Å². The zero-order chi connectivity index (χ0) is 22.8. The van der Waals surface area contributed by atoms with Gasteiger partial charge in [-0.3, -0.25) is 9.59 Å². The van der Waals surface area contributed by atoms with Crippen LogP contribution >= 0.6 is 0 Å². The van der Waals surface area contributed by atoms with E-state index in [0.29, 0.717) is 19.4 Å². The van der Waals surface area contributed by atoms with Crippen molar-refractivity contribution in [2.45, 2.75) is 56.9 Å². The van der Waals surface area contributed by atoms with Crippen LogP contribution in [-0.4, -0.2) is 36.5 Å². The summed E-state index contributed by atoms with van der Waals surface area (Å²) in [6, 6.07) is 20.4. The first-order valence-electron chi connectivity index (χ1n) is 11.3. The second-order valence-corrected chi connectivity index (χ2v) is 8.41. The molecule has 0 radical (unpaired) electrons. The lowest BCUT2D eigenvalue weighted by Gasteiger charge is -2.35. The van der Waals surface area contributed by atoms with E-state index in [1.165, 1.54) is 18.1 Å². The van der Waals surface area contributed by atoms with Gasteiger partial charge in [0.2, 0.25) is 5.91 Å². The molecule has 2 aromatic rings. The van der Waals surface area contributed by atoms with E-state index in [4.69, 9.17) is 4.74 Å². The van der Waals surface area contributed by atoms with Gasteiger partial charge in [0.25, 0.3) is 5.91 Å². The van der Waals surface area contributed by atoms with Crippen molar-refractivity contribution in [3.05, 3.63) is 71.8 Å². The van der Waals surface area contributed by atoms with Gasteiger partial charge in [-0.1, -0.05) is 79.9 Å². The molecule has 6 nitrogen and oxygen atoms in total. The zero-order valence-corrected chi connectivity index (χ0v) is 18.6. The number of rotatable bonds is 9. The summed E-state index contributed by atoms with van der Waals surface area (Å²) in [6.07, 6.45) is 4.54. The van der Waals surface area contributed by atoms with Gasteiger partial charge in [0, 0.05) is 19.4 Å². The van der Waals surface area contributed by atoms with Crippen LogP contribution in [0, 0.1) is 0 Å². The van der Waals surface area contributed by atoms with Crippen molar-refractivity contribution in [2.75, 3.05) is 13.2 Å². The maximum atomic E-state index is 12.7. The first-order valence-corrected chi connectivity index (χ1v) is 11.3. The predicted molar refractivity (Wildman–Crippen MR) is 123 cm³/mol. The molecule has 1 fully saturated rings. The summed E-state index contributed by atoms with van der Waals surface area (Å²) in [7, 11) is 0. The third kappa shape index (κ3) is 6.42. The standard InChI is InChI=1S/C26H32N2O4/c1-20(29)28-26(16-9-4-10-17-26)25(31)32-19-24(30)27-18-15-23(21-11-5-2-6-12-21)22-13-7-3-8-14-22/h2-3,5-8,11-14,23H,4,9-10,15-19H2,1H3,(H,27,30)(H,28,29). The highest BCUT2D eigenvalue weighted by Gasteiger charge is 2.42. The van der Waals surface area contributed by atoms with Crippen LogP contribution in [0.5, 0.6) is 0 Å². The smallest absolute Gasteiger partial charge is 0.332 e. The van der Waals surface area contributed by atoms with Crippen molar-refractivity contribution in [1.29, 1.82) is 0 Å². The summed E-state index contributed by atoms with van der Waals surface area (Å²) in [5.74, 6) is -0.965. The summed E-state index contributed by atoms with van der Waals surface area (Å²) >= 11 is 0. The highest BCUT2D eigenvalue weighted by atomic mass is 16.5. The Morgan fingerprint density at radius 3 is 2.00 bits per heavy atom. The Balaban J connectivity index is 1.52. The third-order valence-corrected chi connectivity index (χ3v) is 6.01. The summed E-state index contributed by atoms with van der Waals surface area (Å²) in [5, 5.41) is 5.63. The Labute approximate surface area is 189 Å². The van der Waals surface area contributed by atoms with E-state index >= 15 is 0 Å². The molecule has 0 spiro atoms. The highest BCUT2D eigenvalue weighted by molar-refractivity contribution is 5.89. The van der Waals surface area contributed by atoms with E-state index in [9.17, 15) is 14.4 Å². The lowest BCUT2D eigenvalue weighted by atomic mass is 9.81. The van der Waals surface area contributed by atoms with E-state index < -0.39 is 11.5 Å². The van der Waals surface area contributed by atoms with Crippen molar-refractivity contribution >= 4 is 17.8 Å². The van der Waals surface area contributed by atoms with Crippen LogP contribution in [0.15, 0.2) is 60.7 Å². The molecule has 0 aromatic heterocycles. The van der Waals surface area contributed by atoms with Crippen LogP contribution in [-0.2, 0) is 19.1 Å². The molecule has 2 aromatic carbocycles. The molecule has 3 rings (SSSR count). The minimum atomic E-state index is -1.00. The van der Waals surface area contributed by atoms with Gasteiger partial charge < -0.3 is 15.4 Å². The van der Waals surface area contributed by atoms with Gasteiger partial charge >= 0.3 is 5.97 Å². The quantitative estimate of drug-likeness (QED) is 0.587. The molecular weight excluding hydrogens is 404 g/mol. The Hall–Kier alpha value is -3.15. The molecule has 2 amide bonds. The lowest BCUT2D eigenvalue weighted by Crippen LogP contribution is -2.56. The summed E-state index contributed by atoms with van der Waals surface area (Å²) in [6.45, 7) is 1.51. The van der Waals surface area contributed by atoms with Crippen molar-refractivity contribution in [3.8, 4) is 0 Å². The Morgan fingerprint density at radius 1 is 0.906 bits per heavy atom. The fourth-order valence-electron chi connectivity index (χ4n) is 4.45. The molecule has 1 saturated carbocycles. The number of carbonyl (C=O) groups excluding carboxylic acids is 3. The number of carbonyl (C=O) groups is 3. The first kappa shape index (κ1) is 23.5. The number of benzene rings is 2. The van der Waals surface area contributed by atoms with E-state index in [0.717, 1.165) is 25.7 Å². The average molecular weight is 437 g/mol. The van der Waals surface area contributed by atoms with Gasteiger partial charge in [-0.2, -0.15) is 0 Å². The number of ether oxygens (including phenoxy) is 1. The van der Waals surface area contributed by atoms with Gasteiger partial charge in [0.05, 0.1) is 0 Å². The number of nitrogens with one attached hydrogen (secondary N) is 2. The maximum Gasteiger partial charge on any atom is 0.332 e. The molecule has 2 N–H and O–H groups in total.